The molecule has 0 fully saturated rings. The van der Waals surface area contributed by atoms with Crippen LogP contribution in [0.15, 0.2) is 18.2 Å². The van der Waals surface area contributed by atoms with Crippen molar-refractivity contribution in [2.24, 2.45) is 0 Å². The Hall–Kier alpha value is -1.55. The zero-order chi connectivity index (χ0) is 16.2. The molecule has 2 N–H and O–H groups in total. The lowest BCUT2D eigenvalue weighted by Crippen LogP contribution is -2.28. The van der Waals surface area contributed by atoms with Gasteiger partial charge in [-0.2, -0.15) is 0 Å². The van der Waals surface area contributed by atoms with Crippen molar-refractivity contribution in [2.45, 2.75) is 65.0 Å². The number of carbonyl (C=O) groups excluding carboxylic acids is 1. The highest BCUT2D eigenvalue weighted by Crippen LogP contribution is 2.31. The smallest absolute Gasteiger partial charge is 0.412 e. The molecule has 0 spiro atoms. The molecule has 1 unspecified atom stereocenters. The Balaban J connectivity index is 2.06. The molecular weight excluding hydrogens is 276 g/mol. The number of aryl methyl sites for hydroxylation is 1. The summed E-state index contributed by atoms with van der Waals surface area (Å²) < 4.78 is 5.30. The van der Waals surface area contributed by atoms with Gasteiger partial charge in [-0.25, -0.2) is 4.79 Å². The second kappa shape index (κ2) is 7.14. The molecule has 0 heterocycles. The van der Waals surface area contributed by atoms with Crippen LogP contribution in [0.2, 0.25) is 0 Å². The van der Waals surface area contributed by atoms with Crippen LogP contribution in [0.25, 0.3) is 0 Å². The number of fused-ring (bicyclic) bond motifs is 1. The molecule has 1 aliphatic carbocycles. The maximum absolute atomic E-state index is 11.9. The first kappa shape index (κ1) is 16.8. The summed E-state index contributed by atoms with van der Waals surface area (Å²) in [7, 11) is 0. The molecule has 1 amide bonds. The first-order valence-corrected chi connectivity index (χ1v) is 8.25. The number of anilines is 1. The van der Waals surface area contributed by atoms with E-state index >= 15 is 0 Å². The number of benzene rings is 1. The van der Waals surface area contributed by atoms with E-state index in [1.807, 2.05) is 26.8 Å². The van der Waals surface area contributed by atoms with Gasteiger partial charge >= 0.3 is 6.09 Å². The number of rotatable bonds is 4. The summed E-state index contributed by atoms with van der Waals surface area (Å²) in [6.45, 7) is 8.82. The van der Waals surface area contributed by atoms with E-state index in [0.29, 0.717) is 6.04 Å². The van der Waals surface area contributed by atoms with Crippen molar-refractivity contribution < 1.29 is 9.53 Å². The number of hydrogen-bond acceptors (Lipinski definition) is 3. The Morgan fingerprint density at radius 1 is 1.36 bits per heavy atom. The van der Waals surface area contributed by atoms with Crippen molar-refractivity contribution >= 4 is 11.8 Å². The van der Waals surface area contributed by atoms with Crippen molar-refractivity contribution in [2.75, 3.05) is 11.9 Å². The van der Waals surface area contributed by atoms with E-state index in [-0.39, 0.29) is 0 Å². The van der Waals surface area contributed by atoms with E-state index in [2.05, 4.69) is 29.7 Å². The fraction of sp³-hybridized carbons (Fsp3) is 0.611. The molecule has 0 saturated carbocycles. The normalized spacial score (nSPS) is 17.7. The van der Waals surface area contributed by atoms with Gasteiger partial charge in [-0.15, -0.1) is 0 Å². The SMILES string of the molecule is CCCNC1CCCc2cc(NC(=O)OC(C)(C)C)ccc21. The Kier molecular flexibility index (Phi) is 5.46. The summed E-state index contributed by atoms with van der Waals surface area (Å²) in [5.74, 6) is 0. The third-order valence-corrected chi connectivity index (χ3v) is 3.74. The second-order valence-electron chi connectivity index (χ2n) is 6.94. The third-order valence-electron chi connectivity index (χ3n) is 3.74. The molecule has 1 aromatic carbocycles. The largest absolute Gasteiger partial charge is 0.444 e. The van der Waals surface area contributed by atoms with Gasteiger partial charge in [-0.05, 0) is 76.3 Å². The van der Waals surface area contributed by atoms with Gasteiger partial charge in [0.05, 0.1) is 0 Å². The predicted octanol–water partition coefficient (Wildman–Crippen LogP) is 4.41. The van der Waals surface area contributed by atoms with Crippen molar-refractivity contribution in [3.63, 3.8) is 0 Å². The highest BCUT2D eigenvalue weighted by molar-refractivity contribution is 5.85. The summed E-state index contributed by atoms with van der Waals surface area (Å²) in [5.41, 5.74) is 3.03. The maximum Gasteiger partial charge on any atom is 0.412 e. The molecule has 122 valence electrons. The molecule has 0 aliphatic heterocycles. The van der Waals surface area contributed by atoms with Crippen LogP contribution in [0.1, 0.15) is 64.1 Å². The molecular formula is C18H28N2O2. The monoisotopic (exact) mass is 304 g/mol. The quantitative estimate of drug-likeness (QED) is 0.866. The van der Waals surface area contributed by atoms with Crippen molar-refractivity contribution in [1.29, 1.82) is 0 Å². The van der Waals surface area contributed by atoms with Crippen molar-refractivity contribution in [3.05, 3.63) is 29.3 Å². The number of amides is 1. The Labute approximate surface area is 133 Å². The minimum absolute atomic E-state index is 0.399. The maximum atomic E-state index is 11.9. The molecule has 0 aromatic heterocycles. The molecule has 0 radical (unpaired) electrons. The topological polar surface area (TPSA) is 50.4 Å². The van der Waals surface area contributed by atoms with Crippen LogP contribution in [0, 0.1) is 0 Å². The molecule has 0 bridgehead atoms. The van der Waals surface area contributed by atoms with Gasteiger partial charge in [0.25, 0.3) is 0 Å². The Morgan fingerprint density at radius 3 is 2.82 bits per heavy atom. The fourth-order valence-corrected chi connectivity index (χ4v) is 2.84. The van der Waals surface area contributed by atoms with E-state index in [1.165, 1.54) is 24.0 Å². The van der Waals surface area contributed by atoms with Crippen LogP contribution in [-0.2, 0) is 11.2 Å². The molecule has 0 saturated heterocycles. The summed E-state index contributed by atoms with van der Waals surface area (Å²) in [6, 6.07) is 6.63. The van der Waals surface area contributed by atoms with Crippen LogP contribution in [0.5, 0.6) is 0 Å². The second-order valence-corrected chi connectivity index (χ2v) is 6.94. The van der Waals surface area contributed by atoms with E-state index in [9.17, 15) is 4.79 Å². The lowest BCUT2D eigenvalue weighted by Gasteiger charge is -2.27. The van der Waals surface area contributed by atoms with Crippen LogP contribution < -0.4 is 10.6 Å². The molecule has 4 nitrogen and oxygen atoms in total. The molecule has 4 heteroatoms. The van der Waals surface area contributed by atoms with Gasteiger partial charge in [0, 0.05) is 11.7 Å². The van der Waals surface area contributed by atoms with Gasteiger partial charge in [0.1, 0.15) is 5.60 Å². The average Bonchev–Trinajstić information content (AvgIpc) is 2.42. The number of carbonyl (C=O) groups is 1. The van der Waals surface area contributed by atoms with Crippen LogP contribution in [0.3, 0.4) is 0 Å². The average molecular weight is 304 g/mol. The summed E-state index contributed by atoms with van der Waals surface area (Å²) in [4.78, 5) is 11.9. The summed E-state index contributed by atoms with van der Waals surface area (Å²) in [6.07, 6.45) is 4.19. The first-order valence-electron chi connectivity index (χ1n) is 8.25. The first-order chi connectivity index (χ1) is 10.4. The summed E-state index contributed by atoms with van der Waals surface area (Å²) in [5, 5.41) is 6.43. The molecule has 2 rings (SSSR count). The molecule has 22 heavy (non-hydrogen) atoms. The Morgan fingerprint density at radius 2 is 2.14 bits per heavy atom. The van der Waals surface area contributed by atoms with Crippen LogP contribution in [0.4, 0.5) is 10.5 Å². The van der Waals surface area contributed by atoms with Crippen LogP contribution in [-0.4, -0.2) is 18.2 Å². The minimum atomic E-state index is -0.479. The molecule has 1 aliphatic rings. The third kappa shape index (κ3) is 4.73. The van der Waals surface area contributed by atoms with E-state index in [4.69, 9.17) is 4.74 Å². The van der Waals surface area contributed by atoms with E-state index < -0.39 is 11.7 Å². The minimum Gasteiger partial charge on any atom is -0.444 e. The molecule has 1 aromatic rings. The van der Waals surface area contributed by atoms with Gasteiger partial charge < -0.3 is 10.1 Å². The van der Waals surface area contributed by atoms with Crippen molar-refractivity contribution in [1.82, 2.24) is 5.32 Å². The van der Waals surface area contributed by atoms with Gasteiger partial charge in [0.15, 0.2) is 0 Å². The zero-order valence-electron chi connectivity index (χ0n) is 14.2. The number of ether oxygens (including phenoxy) is 1. The number of nitrogens with one attached hydrogen (secondary N) is 2. The predicted molar refractivity (Wildman–Crippen MR) is 90.3 cm³/mol. The fourth-order valence-electron chi connectivity index (χ4n) is 2.84. The van der Waals surface area contributed by atoms with Gasteiger partial charge in [-0.1, -0.05) is 13.0 Å². The van der Waals surface area contributed by atoms with Crippen molar-refractivity contribution in [3.8, 4) is 0 Å². The Bertz CT molecular complexity index is 520. The van der Waals surface area contributed by atoms with Crippen LogP contribution >= 0.6 is 0 Å². The summed E-state index contributed by atoms with van der Waals surface area (Å²) >= 11 is 0. The standard InChI is InChI=1S/C18H28N2O2/c1-5-11-19-16-8-6-7-13-12-14(9-10-15(13)16)20-17(21)22-18(2,3)4/h9-10,12,16,19H,5-8,11H2,1-4H3,(H,20,21). The lowest BCUT2D eigenvalue weighted by atomic mass is 9.87. The highest BCUT2D eigenvalue weighted by Gasteiger charge is 2.21. The lowest BCUT2D eigenvalue weighted by molar-refractivity contribution is 0.0636. The molecule has 1 atom stereocenters. The zero-order valence-corrected chi connectivity index (χ0v) is 14.2. The number of hydrogen-bond donors (Lipinski definition) is 2. The van der Waals surface area contributed by atoms with Gasteiger partial charge in [-0.3, -0.25) is 5.32 Å². The van der Waals surface area contributed by atoms with E-state index in [0.717, 1.165) is 25.1 Å². The highest BCUT2D eigenvalue weighted by atomic mass is 16.6. The van der Waals surface area contributed by atoms with Gasteiger partial charge in [0.2, 0.25) is 0 Å². The van der Waals surface area contributed by atoms with E-state index in [1.54, 1.807) is 0 Å².